The molecule has 1 aromatic carbocycles. The molecule has 0 aliphatic rings. The minimum absolute atomic E-state index is 0.124. The van der Waals surface area contributed by atoms with Crippen molar-refractivity contribution in [2.75, 3.05) is 31.3 Å². The van der Waals surface area contributed by atoms with E-state index in [0.29, 0.717) is 17.8 Å². The Labute approximate surface area is 118 Å². The second kappa shape index (κ2) is 6.10. The maximum atomic E-state index is 12.0. The molecule has 1 heterocycles. The molecule has 0 fully saturated rings. The number of benzene rings is 1. The number of nitrogen functional groups attached to an aromatic ring is 1. The third-order valence-corrected chi connectivity index (χ3v) is 3.01. The van der Waals surface area contributed by atoms with E-state index >= 15 is 0 Å². The number of hydrogen-bond donors (Lipinski definition) is 3. The number of nitrogens with two attached hydrogens (primary N) is 1. The van der Waals surface area contributed by atoms with Crippen LogP contribution in [-0.2, 0) is 6.42 Å². The van der Waals surface area contributed by atoms with Gasteiger partial charge in [-0.15, -0.1) is 0 Å². The number of hydrogen-bond acceptors (Lipinski definition) is 4. The summed E-state index contributed by atoms with van der Waals surface area (Å²) in [5, 5.41) is 2.86. The summed E-state index contributed by atoms with van der Waals surface area (Å²) in [6.07, 6.45) is 4.09. The summed E-state index contributed by atoms with van der Waals surface area (Å²) in [5.41, 5.74) is 8.99. The van der Waals surface area contributed by atoms with Gasteiger partial charge in [-0.2, -0.15) is 0 Å². The lowest BCUT2D eigenvalue weighted by Crippen LogP contribution is -2.26. The van der Waals surface area contributed by atoms with Crippen LogP contribution in [0.5, 0.6) is 0 Å². The smallest absolute Gasteiger partial charge is 0.251 e. The standard InChI is InChI=1S/C14H19N5O/c1-19(2)13-4-3-10(7-12(13)15)14(20)17-6-5-11-8-16-9-18-11/h3-4,7-9H,5-6,15H2,1-2H3,(H,16,18)(H,17,20). The van der Waals surface area contributed by atoms with Crippen LogP contribution in [0, 0.1) is 0 Å². The summed E-state index contributed by atoms with van der Waals surface area (Å²) in [6.45, 7) is 0.552. The molecule has 0 bridgehead atoms. The molecule has 0 aliphatic heterocycles. The number of amides is 1. The minimum atomic E-state index is -0.124. The van der Waals surface area contributed by atoms with Crippen molar-refractivity contribution in [3.05, 3.63) is 42.0 Å². The van der Waals surface area contributed by atoms with Gasteiger partial charge in [-0.1, -0.05) is 0 Å². The largest absolute Gasteiger partial charge is 0.397 e. The zero-order valence-electron chi connectivity index (χ0n) is 11.7. The zero-order chi connectivity index (χ0) is 14.5. The van der Waals surface area contributed by atoms with Crippen molar-refractivity contribution in [3.63, 3.8) is 0 Å². The SMILES string of the molecule is CN(C)c1ccc(C(=O)NCCc2cnc[nH]2)cc1N. The van der Waals surface area contributed by atoms with Crippen LogP contribution in [0.15, 0.2) is 30.7 Å². The van der Waals surface area contributed by atoms with Crippen molar-refractivity contribution in [1.82, 2.24) is 15.3 Å². The van der Waals surface area contributed by atoms with E-state index in [2.05, 4.69) is 15.3 Å². The normalized spacial score (nSPS) is 10.3. The van der Waals surface area contributed by atoms with E-state index < -0.39 is 0 Å². The van der Waals surface area contributed by atoms with Gasteiger partial charge in [0.15, 0.2) is 0 Å². The van der Waals surface area contributed by atoms with Gasteiger partial charge in [0.25, 0.3) is 5.91 Å². The van der Waals surface area contributed by atoms with Crippen molar-refractivity contribution in [1.29, 1.82) is 0 Å². The Morgan fingerprint density at radius 1 is 1.45 bits per heavy atom. The fourth-order valence-electron chi connectivity index (χ4n) is 1.94. The molecule has 0 unspecified atom stereocenters. The van der Waals surface area contributed by atoms with E-state index in [9.17, 15) is 4.79 Å². The Bertz CT molecular complexity index is 577. The van der Waals surface area contributed by atoms with Crippen LogP contribution in [0.3, 0.4) is 0 Å². The van der Waals surface area contributed by atoms with Gasteiger partial charge in [0.1, 0.15) is 0 Å². The number of anilines is 2. The number of nitrogens with zero attached hydrogens (tertiary/aromatic N) is 2. The van der Waals surface area contributed by atoms with Crippen LogP contribution in [0.4, 0.5) is 11.4 Å². The van der Waals surface area contributed by atoms with E-state index in [-0.39, 0.29) is 5.91 Å². The second-order valence-electron chi connectivity index (χ2n) is 4.75. The maximum Gasteiger partial charge on any atom is 0.251 e. The molecular formula is C14H19N5O. The molecule has 6 nitrogen and oxygen atoms in total. The quantitative estimate of drug-likeness (QED) is 0.710. The highest BCUT2D eigenvalue weighted by Gasteiger charge is 2.08. The fourth-order valence-corrected chi connectivity index (χ4v) is 1.94. The summed E-state index contributed by atoms with van der Waals surface area (Å²) >= 11 is 0. The van der Waals surface area contributed by atoms with Crippen molar-refractivity contribution in [2.24, 2.45) is 0 Å². The lowest BCUT2D eigenvalue weighted by Gasteiger charge is -2.15. The van der Waals surface area contributed by atoms with Crippen molar-refractivity contribution < 1.29 is 4.79 Å². The molecule has 6 heteroatoms. The second-order valence-corrected chi connectivity index (χ2v) is 4.75. The number of carbonyl (C=O) groups is 1. The van der Waals surface area contributed by atoms with E-state index in [1.54, 1.807) is 24.7 Å². The van der Waals surface area contributed by atoms with Gasteiger partial charge in [-0.05, 0) is 18.2 Å². The topological polar surface area (TPSA) is 87.0 Å². The van der Waals surface area contributed by atoms with Gasteiger partial charge in [-0.3, -0.25) is 4.79 Å². The minimum Gasteiger partial charge on any atom is -0.397 e. The molecule has 0 saturated carbocycles. The van der Waals surface area contributed by atoms with E-state index in [4.69, 9.17) is 5.73 Å². The third-order valence-electron chi connectivity index (χ3n) is 3.01. The van der Waals surface area contributed by atoms with Gasteiger partial charge in [0.05, 0.1) is 17.7 Å². The van der Waals surface area contributed by atoms with Crippen LogP contribution in [0.1, 0.15) is 16.1 Å². The highest BCUT2D eigenvalue weighted by molar-refractivity contribution is 5.96. The lowest BCUT2D eigenvalue weighted by molar-refractivity contribution is 0.0954. The predicted molar refractivity (Wildman–Crippen MR) is 79.8 cm³/mol. The Morgan fingerprint density at radius 3 is 2.85 bits per heavy atom. The summed E-state index contributed by atoms with van der Waals surface area (Å²) in [7, 11) is 3.83. The van der Waals surface area contributed by atoms with Crippen LogP contribution in [-0.4, -0.2) is 36.5 Å². The van der Waals surface area contributed by atoms with Gasteiger partial charge in [0.2, 0.25) is 0 Å². The molecule has 0 spiro atoms. The Balaban J connectivity index is 1.94. The van der Waals surface area contributed by atoms with Gasteiger partial charge in [0, 0.05) is 44.5 Å². The van der Waals surface area contributed by atoms with E-state index in [1.165, 1.54) is 0 Å². The summed E-state index contributed by atoms with van der Waals surface area (Å²) in [4.78, 5) is 20.8. The van der Waals surface area contributed by atoms with E-state index in [0.717, 1.165) is 17.8 Å². The first-order valence-corrected chi connectivity index (χ1v) is 6.40. The molecule has 0 aliphatic carbocycles. The molecule has 1 aromatic heterocycles. The fraction of sp³-hybridized carbons (Fsp3) is 0.286. The summed E-state index contributed by atoms with van der Waals surface area (Å²) < 4.78 is 0. The first kappa shape index (κ1) is 13.9. The molecule has 1 amide bonds. The maximum absolute atomic E-state index is 12.0. The first-order chi connectivity index (χ1) is 9.58. The number of aromatic nitrogens is 2. The van der Waals surface area contributed by atoms with E-state index in [1.807, 2.05) is 25.1 Å². The molecule has 20 heavy (non-hydrogen) atoms. The van der Waals surface area contributed by atoms with Crippen molar-refractivity contribution >= 4 is 17.3 Å². The molecule has 0 atom stereocenters. The van der Waals surface area contributed by atoms with Crippen molar-refractivity contribution in [3.8, 4) is 0 Å². The Morgan fingerprint density at radius 2 is 2.25 bits per heavy atom. The number of H-pyrrole nitrogens is 1. The Kier molecular flexibility index (Phi) is 4.24. The summed E-state index contributed by atoms with van der Waals surface area (Å²) in [5.74, 6) is -0.124. The Hall–Kier alpha value is -2.50. The van der Waals surface area contributed by atoms with Crippen LogP contribution in [0.2, 0.25) is 0 Å². The summed E-state index contributed by atoms with van der Waals surface area (Å²) in [6, 6.07) is 5.32. The molecule has 0 radical (unpaired) electrons. The molecule has 4 N–H and O–H groups in total. The van der Waals surface area contributed by atoms with Crippen LogP contribution >= 0.6 is 0 Å². The number of rotatable bonds is 5. The molecule has 106 valence electrons. The van der Waals surface area contributed by atoms with Gasteiger partial charge < -0.3 is 20.9 Å². The number of aromatic amines is 1. The highest BCUT2D eigenvalue weighted by atomic mass is 16.1. The average molecular weight is 273 g/mol. The number of carbonyl (C=O) groups excluding carboxylic acids is 1. The zero-order valence-corrected chi connectivity index (χ0v) is 11.7. The average Bonchev–Trinajstić information content (AvgIpc) is 2.91. The predicted octanol–water partition coefficient (Wildman–Crippen LogP) is 1.03. The van der Waals surface area contributed by atoms with Crippen LogP contribution < -0.4 is 16.0 Å². The molecule has 2 aromatic rings. The van der Waals surface area contributed by atoms with Crippen molar-refractivity contribution in [2.45, 2.75) is 6.42 Å². The number of nitrogens with one attached hydrogen (secondary N) is 2. The van der Waals surface area contributed by atoms with Gasteiger partial charge in [-0.25, -0.2) is 4.98 Å². The third kappa shape index (κ3) is 3.28. The number of imidazole rings is 1. The first-order valence-electron chi connectivity index (χ1n) is 6.40. The van der Waals surface area contributed by atoms with Crippen LogP contribution in [0.25, 0.3) is 0 Å². The lowest BCUT2D eigenvalue weighted by atomic mass is 10.1. The molecular weight excluding hydrogens is 254 g/mol. The molecule has 0 saturated heterocycles. The molecule has 2 rings (SSSR count). The van der Waals surface area contributed by atoms with Gasteiger partial charge >= 0.3 is 0 Å². The highest BCUT2D eigenvalue weighted by Crippen LogP contribution is 2.22. The monoisotopic (exact) mass is 273 g/mol.